The van der Waals surface area contributed by atoms with Crippen molar-refractivity contribution in [2.75, 3.05) is 38.1 Å². The maximum Gasteiger partial charge on any atom is 0.227 e. The van der Waals surface area contributed by atoms with E-state index in [1.807, 2.05) is 29.2 Å². The normalized spacial score (nSPS) is 18.2. The lowest BCUT2D eigenvalue weighted by Gasteiger charge is -2.26. The minimum Gasteiger partial charge on any atom is -0.468 e. The van der Waals surface area contributed by atoms with Crippen molar-refractivity contribution >= 4 is 41.5 Å². The molecule has 1 aromatic heterocycles. The summed E-state index contributed by atoms with van der Waals surface area (Å²) in [6.45, 7) is 4.43. The average Bonchev–Trinajstić information content (AvgIpc) is 3.54. The Kier molecular flexibility index (Phi) is 8.77. The second-order valence-corrected chi connectivity index (χ2v) is 7.90. The Morgan fingerprint density at radius 3 is 2.48 bits per heavy atom. The number of hydrogen-bond donors (Lipinski definition) is 2. The lowest BCUT2D eigenvalue weighted by Crippen LogP contribution is -2.42. The molecule has 1 amide bonds. The van der Waals surface area contributed by atoms with Crippen LogP contribution < -0.4 is 15.5 Å². The fourth-order valence-corrected chi connectivity index (χ4v) is 4.26. The molecule has 2 N–H and O–H groups in total. The zero-order valence-corrected chi connectivity index (χ0v) is 20.4. The van der Waals surface area contributed by atoms with Crippen LogP contribution in [0, 0.1) is 0 Å². The van der Waals surface area contributed by atoms with E-state index in [4.69, 9.17) is 4.42 Å². The molecule has 31 heavy (non-hydrogen) atoms. The Morgan fingerprint density at radius 1 is 1.10 bits per heavy atom. The first-order valence-electron chi connectivity index (χ1n) is 10.9. The summed E-state index contributed by atoms with van der Waals surface area (Å²) in [7, 11) is 1.79. The smallest absolute Gasteiger partial charge is 0.227 e. The molecule has 0 bridgehead atoms. The van der Waals surface area contributed by atoms with Crippen LogP contribution in [0.5, 0.6) is 0 Å². The van der Waals surface area contributed by atoms with Crippen LogP contribution in [0.25, 0.3) is 0 Å². The van der Waals surface area contributed by atoms with Crippen LogP contribution in [0.1, 0.15) is 43.0 Å². The van der Waals surface area contributed by atoms with Crippen molar-refractivity contribution in [1.82, 2.24) is 15.5 Å². The summed E-state index contributed by atoms with van der Waals surface area (Å²) >= 11 is 0. The van der Waals surface area contributed by atoms with Crippen LogP contribution in [0.3, 0.4) is 0 Å². The Hall–Kier alpha value is -2.07. The molecule has 2 aliphatic heterocycles. The number of carbonyl (C=O) groups excluding carboxylic acids is 1. The third kappa shape index (κ3) is 6.00. The summed E-state index contributed by atoms with van der Waals surface area (Å²) < 4.78 is 5.69. The van der Waals surface area contributed by atoms with Crippen molar-refractivity contribution in [3.05, 3.63) is 54.0 Å². The van der Waals surface area contributed by atoms with Gasteiger partial charge in [0.25, 0.3) is 0 Å². The third-order valence-electron chi connectivity index (χ3n) is 5.92. The first-order valence-corrected chi connectivity index (χ1v) is 10.9. The number of anilines is 1. The number of aliphatic imine (C=N–C) groups is 1. The summed E-state index contributed by atoms with van der Waals surface area (Å²) in [5, 5.41) is 6.84. The minimum absolute atomic E-state index is 0. The number of benzene rings is 1. The molecule has 1 atom stereocenters. The van der Waals surface area contributed by atoms with E-state index >= 15 is 0 Å². The number of furan rings is 1. The number of carbonyl (C=O) groups is 1. The lowest BCUT2D eigenvalue weighted by molar-refractivity contribution is -0.117. The number of rotatable bonds is 7. The van der Waals surface area contributed by atoms with Crippen LogP contribution >= 0.6 is 24.0 Å². The molecule has 2 aromatic rings. The van der Waals surface area contributed by atoms with Gasteiger partial charge in [-0.2, -0.15) is 0 Å². The molecule has 1 aromatic carbocycles. The molecule has 0 spiro atoms. The molecular weight excluding hydrogens is 505 g/mol. The van der Waals surface area contributed by atoms with Crippen molar-refractivity contribution in [3.63, 3.8) is 0 Å². The monoisotopic (exact) mass is 537 g/mol. The van der Waals surface area contributed by atoms with Gasteiger partial charge in [0.2, 0.25) is 5.91 Å². The number of halogens is 1. The lowest BCUT2D eigenvalue weighted by atomic mass is 10.2. The molecule has 4 rings (SSSR count). The van der Waals surface area contributed by atoms with Gasteiger partial charge < -0.3 is 20.0 Å². The van der Waals surface area contributed by atoms with Gasteiger partial charge in [0, 0.05) is 38.8 Å². The van der Waals surface area contributed by atoms with E-state index in [0.717, 1.165) is 55.6 Å². The molecule has 7 nitrogen and oxygen atoms in total. The topological polar surface area (TPSA) is 73.1 Å². The quantitative estimate of drug-likeness (QED) is 0.321. The molecule has 2 aliphatic rings. The van der Waals surface area contributed by atoms with Crippen molar-refractivity contribution in [2.24, 2.45) is 4.99 Å². The first-order chi connectivity index (χ1) is 14.7. The van der Waals surface area contributed by atoms with Gasteiger partial charge in [0.1, 0.15) is 5.76 Å². The Morgan fingerprint density at radius 2 is 1.87 bits per heavy atom. The molecule has 2 saturated heterocycles. The number of guanidine groups is 1. The third-order valence-corrected chi connectivity index (χ3v) is 5.92. The van der Waals surface area contributed by atoms with E-state index in [0.29, 0.717) is 13.0 Å². The second-order valence-electron chi connectivity index (χ2n) is 7.90. The van der Waals surface area contributed by atoms with Gasteiger partial charge in [-0.05, 0) is 62.2 Å². The fourth-order valence-electron chi connectivity index (χ4n) is 4.26. The van der Waals surface area contributed by atoms with E-state index in [9.17, 15) is 4.79 Å². The van der Waals surface area contributed by atoms with E-state index in [1.165, 1.54) is 12.8 Å². The molecule has 1 unspecified atom stereocenters. The SMILES string of the molecule is CN=C(NCc1ccc(N2CCCC2=O)cc1)NCC(c1ccco1)N1CCCC1.I. The van der Waals surface area contributed by atoms with Gasteiger partial charge in [-0.15, -0.1) is 24.0 Å². The molecule has 0 aliphatic carbocycles. The molecule has 0 saturated carbocycles. The predicted octanol–water partition coefficient (Wildman–Crippen LogP) is 3.53. The first kappa shape index (κ1) is 23.6. The van der Waals surface area contributed by atoms with Crippen LogP contribution in [0.2, 0.25) is 0 Å². The maximum absolute atomic E-state index is 11.9. The number of likely N-dealkylation sites (tertiary alicyclic amines) is 1. The van der Waals surface area contributed by atoms with Crippen LogP contribution in [-0.4, -0.2) is 50.0 Å². The standard InChI is InChI=1S/C23H31N5O2.HI/c1-24-23(26-17-20(21-6-5-15-30-21)27-12-2-3-13-27)25-16-18-8-10-19(11-9-18)28-14-4-7-22(28)29;/h5-6,8-11,15,20H,2-4,7,12-14,16-17H2,1H3,(H2,24,25,26);1H. The largest absolute Gasteiger partial charge is 0.468 e. The Labute approximate surface area is 201 Å². The molecule has 8 heteroatoms. The van der Waals surface area contributed by atoms with Gasteiger partial charge in [-0.25, -0.2) is 0 Å². The molecular formula is C23H32IN5O2. The van der Waals surface area contributed by atoms with Gasteiger partial charge >= 0.3 is 0 Å². The highest BCUT2D eigenvalue weighted by atomic mass is 127. The summed E-state index contributed by atoms with van der Waals surface area (Å²) in [6.07, 6.45) is 5.82. The van der Waals surface area contributed by atoms with Crippen molar-refractivity contribution in [2.45, 2.75) is 38.3 Å². The van der Waals surface area contributed by atoms with Crippen molar-refractivity contribution < 1.29 is 9.21 Å². The van der Waals surface area contributed by atoms with Crippen molar-refractivity contribution in [1.29, 1.82) is 0 Å². The predicted molar refractivity (Wildman–Crippen MR) is 134 cm³/mol. The zero-order chi connectivity index (χ0) is 20.8. The number of nitrogens with one attached hydrogen (secondary N) is 2. The molecule has 168 valence electrons. The van der Waals surface area contributed by atoms with Gasteiger partial charge in [-0.3, -0.25) is 14.7 Å². The van der Waals surface area contributed by atoms with Crippen LogP contribution in [-0.2, 0) is 11.3 Å². The Bertz CT molecular complexity index is 847. The van der Waals surface area contributed by atoms with Crippen LogP contribution in [0.15, 0.2) is 52.1 Å². The van der Waals surface area contributed by atoms with Gasteiger partial charge in [0.15, 0.2) is 5.96 Å². The van der Waals surface area contributed by atoms with Crippen molar-refractivity contribution in [3.8, 4) is 0 Å². The summed E-state index contributed by atoms with van der Waals surface area (Å²) in [4.78, 5) is 20.6. The number of amides is 1. The molecule has 2 fully saturated rings. The summed E-state index contributed by atoms with van der Waals surface area (Å²) in [6, 6.07) is 12.4. The highest BCUT2D eigenvalue weighted by molar-refractivity contribution is 14.0. The fraction of sp³-hybridized carbons (Fsp3) is 0.478. The van der Waals surface area contributed by atoms with Gasteiger partial charge in [0.05, 0.1) is 12.3 Å². The van der Waals surface area contributed by atoms with E-state index in [-0.39, 0.29) is 35.9 Å². The maximum atomic E-state index is 11.9. The molecule has 0 radical (unpaired) electrons. The minimum atomic E-state index is 0. The zero-order valence-electron chi connectivity index (χ0n) is 18.0. The van der Waals surface area contributed by atoms with Crippen LogP contribution in [0.4, 0.5) is 5.69 Å². The summed E-state index contributed by atoms with van der Waals surface area (Å²) in [5.74, 6) is 1.98. The number of nitrogens with zero attached hydrogens (tertiary/aromatic N) is 3. The van der Waals surface area contributed by atoms with E-state index < -0.39 is 0 Å². The number of hydrogen-bond acceptors (Lipinski definition) is 4. The Balaban J connectivity index is 0.00000272. The second kappa shape index (κ2) is 11.5. The van der Waals surface area contributed by atoms with Gasteiger partial charge in [-0.1, -0.05) is 12.1 Å². The highest BCUT2D eigenvalue weighted by Crippen LogP contribution is 2.25. The molecule has 3 heterocycles. The average molecular weight is 537 g/mol. The highest BCUT2D eigenvalue weighted by Gasteiger charge is 2.25. The summed E-state index contributed by atoms with van der Waals surface area (Å²) in [5.41, 5.74) is 2.13. The van der Waals surface area contributed by atoms with E-state index in [2.05, 4.69) is 32.7 Å². The van der Waals surface area contributed by atoms with E-state index in [1.54, 1.807) is 13.3 Å².